The molecule has 5 heteroatoms. The van der Waals surface area contributed by atoms with Crippen LogP contribution in [0.25, 0.3) is 0 Å². The van der Waals surface area contributed by atoms with Crippen LogP contribution in [0.4, 0.5) is 0 Å². The fraction of sp³-hybridized carbons (Fsp3) is 0.368. The highest BCUT2D eigenvalue weighted by Gasteiger charge is 2.26. The quantitative estimate of drug-likeness (QED) is 0.847. The molecule has 0 saturated carbocycles. The number of pyridine rings is 1. The van der Waals surface area contributed by atoms with Gasteiger partial charge in [-0.2, -0.15) is 0 Å². The maximum atomic E-state index is 12.7. The van der Waals surface area contributed by atoms with Crippen LogP contribution in [-0.4, -0.2) is 48.7 Å². The second-order valence-corrected chi connectivity index (χ2v) is 5.83. The minimum atomic E-state index is -0.0482. The van der Waals surface area contributed by atoms with E-state index in [2.05, 4.69) is 17.1 Å². The Kier molecular flexibility index (Phi) is 5.43. The van der Waals surface area contributed by atoms with Crippen LogP contribution in [0, 0.1) is 0 Å². The van der Waals surface area contributed by atoms with E-state index in [1.54, 1.807) is 18.3 Å². The molecule has 0 radical (unpaired) electrons. The molecule has 0 aliphatic carbocycles. The van der Waals surface area contributed by atoms with E-state index in [4.69, 9.17) is 9.47 Å². The zero-order valence-electron chi connectivity index (χ0n) is 13.9. The third-order valence-corrected chi connectivity index (χ3v) is 4.22. The molecule has 24 heavy (non-hydrogen) atoms. The first-order valence-corrected chi connectivity index (χ1v) is 8.21. The molecule has 1 aromatic heterocycles. The molecular formula is C19H22N2O3. The van der Waals surface area contributed by atoms with Crippen LogP contribution in [0.15, 0.2) is 48.7 Å². The van der Waals surface area contributed by atoms with Crippen molar-refractivity contribution >= 4 is 5.91 Å². The van der Waals surface area contributed by atoms with Crippen LogP contribution in [-0.2, 0) is 11.2 Å². The molecule has 2 aromatic rings. The van der Waals surface area contributed by atoms with E-state index < -0.39 is 0 Å². The Labute approximate surface area is 142 Å². The molecule has 2 heterocycles. The van der Waals surface area contributed by atoms with Crippen LogP contribution in [0.2, 0.25) is 0 Å². The van der Waals surface area contributed by atoms with Gasteiger partial charge in [0.25, 0.3) is 5.91 Å². The summed E-state index contributed by atoms with van der Waals surface area (Å²) in [5.74, 6) is 0.322. The van der Waals surface area contributed by atoms with Crippen LogP contribution in [0.1, 0.15) is 22.3 Å². The summed E-state index contributed by atoms with van der Waals surface area (Å²) in [7, 11) is 1.53. The molecule has 1 unspecified atom stereocenters. The summed E-state index contributed by atoms with van der Waals surface area (Å²) in [4.78, 5) is 18.7. The molecule has 1 aliphatic rings. The smallest absolute Gasteiger partial charge is 0.259 e. The summed E-state index contributed by atoms with van der Waals surface area (Å²) in [5.41, 5.74) is 1.79. The highest BCUT2D eigenvalue weighted by molar-refractivity contribution is 5.96. The fourth-order valence-electron chi connectivity index (χ4n) is 2.94. The second-order valence-electron chi connectivity index (χ2n) is 5.83. The van der Waals surface area contributed by atoms with Crippen molar-refractivity contribution in [1.29, 1.82) is 0 Å². The molecule has 3 rings (SSSR count). The molecule has 1 saturated heterocycles. The first-order chi connectivity index (χ1) is 11.8. The number of hydrogen-bond acceptors (Lipinski definition) is 4. The van der Waals surface area contributed by atoms with Crippen LogP contribution in [0.3, 0.4) is 0 Å². The number of ether oxygens (including phenoxy) is 2. The third-order valence-electron chi connectivity index (χ3n) is 4.22. The van der Waals surface area contributed by atoms with E-state index in [1.165, 1.54) is 12.7 Å². The first kappa shape index (κ1) is 16.5. The number of methoxy groups -OCH3 is 1. The summed E-state index contributed by atoms with van der Waals surface area (Å²) in [6, 6.07) is 13.8. The van der Waals surface area contributed by atoms with Gasteiger partial charge in [-0.15, -0.1) is 0 Å². The van der Waals surface area contributed by atoms with E-state index >= 15 is 0 Å². The van der Waals surface area contributed by atoms with Crippen molar-refractivity contribution in [2.75, 3.05) is 26.8 Å². The number of benzene rings is 1. The first-order valence-electron chi connectivity index (χ1n) is 8.21. The molecule has 1 atom stereocenters. The number of nitrogens with zero attached hydrogens (tertiary/aromatic N) is 2. The number of aryl methyl sites for hydroxylation is 1. The number of rotatable bonds is 5. The van der Waals surface area contributed by atoms with E-state index in [0.29, 0.717) is 31.1 Å². The summed E-state index contributed by atoms with van der Waals surface area (Å²) in [6.45, 7) is 1.76. The zero-order valence-corrected chi connectivity index (χ0v) is 13.9. The molecule has 0 N–H and O–H groups in total. The van der Waals surface area contributed by atoms with E-state index in [0.717, 1.165) is 12.8 Å². The monoisotopic (exact) mass is 326 g/mol. The van der Waals surface area contributed by atoms with Gasteiger partial charge in [0, 0.05) is 19.3 Å². The van der Waals surface area contributed by atoms with Gasteiger partial charge < -0.3 is 14.4 Å². The van der Waals surface area contributed by atoms with Gasteiger partial charge in [-0.05, 0) is 30.5 Å². The second kappa shape index (κ2) is 7.93. The van der Waals surface area contributed by atoms with Crippen molar-refractivity contribution in [3.63, 3.8) is 0 Å². The van der Waals surface area contributed by atoms with Gasteiger partial charge in [0.05, 0.1) is 19.8 Å². The van der Waals surface area contributed by atoms with Gasteiger partial charge in [-0.25, -0.2) is 4.98 Å². The summed E-state index contributed by atoms with van der Waals surface area (Å²) in [5, 5.41) is 0. The Hall–Kier alpha value is -2.40. The maximum Gasteiger partial charge on any atom is 0.259 e. The molecule has 1 fully saturated rings. The molecule has 0 spiro atoms. The van der Waals surface area contributed by atoms with Crippen molar-refractivity contribution in [1.82, 2.24) is 9.88 Å². The van der Waals surface area contributed by atoms with Crippen LogP contribution >= 0.6 is 0 Å². The highest BCUT2D eigenvalue weighted by atomic mass is 16.5. The van der Waals surface area contributed by atoms with Crippen molar-refractivity contribution in [3.05, 3.63) is 59.8 Å². The Morgan fingerprint density at radius 2 is 2.12 bits per heavy atom. The topological polar surface area (TPSA) is 51.7 Å². The summed E-state index contributed by atoms with van der Waals surface area (Å²) < 4.78 is 11.0. The van der Waals surface area contributed by atoms with Crippen molar-refractivity contribution in [2.45, 2.75) is 18.9 Å². The molecule has 1 aromatic carbocycles. The average molecular weight is 326 g/mol. The highest BCUT2D eigenvalue weighted by Crippen LogP contribution is 2.19. The van der Waals surface area contributed by atoms with E-state index in [1.807, 2.05) is 23.1 Å². The lowest BCUT2D eigenvalue weighted by molar-refractivity contribution is -0.0247. The SMILES string of the molecule is COc1ncccc1C(=O)N1CCOC(CCc2ccccc2)C1. The number of carbonyl (C=O) groups excluding carboxylic acids is 1. The fourth-order valence-corrected chi connectivity index (χ4v) is 2.94. The van der Waals surface area contributed by atoms with Crippen molar-refractivity contribution in [2.24, 2.45) is 0 Å². The van der Waals surface area contributed by atoms with Crippen LogP contribution < -0.4 is 4.74 Å². The minimum absolute atomic E-state index is 0.0482. The van der Waals surface area contributed by atoms with Gasteiger partial charge in [-0.1, -0.05) is 30.3 Å². The third kappa shape index (κ3) is 3.92. The summed E-state index contributed by atoms with van der Waals surface area (Å²) >= 11 is 0. The van der Waals surface area contributed by atoms with E-state index in [-0.39, 0.29) is 12.0 Å². The Bertz CT molecular complexity index is 675. The molecule has 1 amide bonds. The average Bonchev–Trinajstić information content (AvgIpc) is 2.67. The number of morpholine rings is 1. The predicted molar refractivity (Wildman–Crippen MR) is 91.2 cm³/mol. The molecule has 0 bridgehead atoms. The molecule has 126 valence electrons. The van der Waals surface area contributed by atoms with Gasteiger partial charge >= 0.3 is 0 Å². The Morgan fingerprint density at radius 1 is 1.29 bits per heavy atom. The van der Waals surface area contributed by atoms with E-state index in [9.17, 15) is 4.79 Å². The van der Waals surface area contributed by atoms with Crippen LogP contribution in [0.5, 0.6) is 5.88 Å². The lowest BCUT2D eigenvalue weighted by atomic mass is 10.1. The molecular weight excluding hydrogens is 304 g/mol. The van der Waals surface area contributed by atoms with Gasteiger partial charge in [0.15, 0.2) is 0 Å². The number of amides is 1. The molecule has 5 nitrogen and oxygen atoms in total. The standard InChI is InChI=1S/C19H22N2O3/c1-23-18-17(8-5-11-20-18)19(22)21-12-13-24-16(14-21)10-9-15-6-3-2-4-7-15/h2-8,11,16H,9-10,12-14H2,1H3. The largest absolute Gasteiger partial charge is 0.480 e. The lowest BCUT2D eigenvalue weighted by Gasteiger charge is -2.33. The van der Waals surface area contributed by atoms with Crippen molar-refractivity contribution < 1.29 is 14.3 Å². The van der Waals surface area contributed by atoms with Gasteiger partial charge in [0.2, 0.25) is 5.88 Å². The summed E-state index contributed by atoms with van der Waals surface area (Å²) in [6.07, 6.45) is 3.53. The van der Waals surface area contributed by atoms with Gasteiger partial charge in [0.1, 0.15) is 5.56 Å². The Morgan fingerprint density at radius 3 is 2.92 bits per heavy atom. The number of hydrogen-bond donors (Lipinski definition) is 0. The Balaban J connectivity index is 1.61. The van der Waals surface area contributed by atoms with Gasteiger partial charge in [-0.3, -0.25) is 4.79 Å². The van der Waals surface area contributed by atoms with Crippen molar-refractivity contribution in [3.8, 4) is 5.88 Å². The maximum absolute atomic E-state index is 12.7. The lowest BCUT2D eigenvalue weighted by Crippen LogP contribution is -2.45. The normalized spacial score (nSPS) is 17.5. The number of carbonyl (C=O) groups is 1. The predicted octanol–water partition coefficient (Wildman–Crippen LogP) is 2.56. The minimum Gasteiger partial charge on any atom is -0.480 e. The zero-order chi connectivity index (χ0) is 16.8. The number of aromatic nitrogens is 1. The molecule has 1 aliphatic heterocycles.